The number of piperazine rings is 1. The molecule has 1 saturated heterocycles. The van der Waals surface area contributed by atoms with Crippen LogP contribution in [-0.4, -0.2) is 59.2 Å². The van der Waals surface area contributed by atoms with Crippen molar-refractivity contribution in [1.82, 2.24) is 19.8 Å². The van der Waals surface area contributed by atoms with Crippen LogP contribution in [0.25, 0.3) is 10.9 Å². The summed E-state index contributed by atoms with van der Waals surface area (Å²) in [5.74, 6) is 0.971. The molecule has 8 nitrogen and oxygen atoms in total. The number of methoxy groups -OCH3 is 1. The van der Waals surface area contributed by atoms with E-state index in [2.05, 4.69) is 51.7 Å². The van der Waals surface area contributed by atoms with Crippen LogP contribution in [0, 0.1) is 5.82 Å². The fourth-order valence-corrected chi connectivity index (χ4v) is 5.74. The smallest absolute Gasteiger partial charge is 0.261 e. The summed E-state index contributed by atoms with van der Waals surface area (Å²) >= 11 is 0. The lowest BCUT2D eigenvalue weighted by molar-refractivity contribution is 0.301. The maximum atomic E-state index is 14.4. The van der Waals surface area contributed by atoms with Crippen LogP contribution in [0.5, 0.6) is 5.75 Å². The van der Waals surface area contributed by atoms with Gasteiger partial charge in [-0.25, -0.2) is 14.4 Å². The molecular formula is C32H35FN6O2. The van der Waals surface area contributed by atoms with Gasteiger partial charge < -0.3 is 20.3 Å². The van der Waals surface area contributed by atoms with E-state index in [0.717, 1.165) is 44.1 Å². The number of aliphatic imine (C=N–C) groups is 1. The zero-order valence-corrected chi connectivity index (χ0v) is 23.4. The van der Waals surface area contributed by atoms with Crippen molar-refractivity contribution in [2.24, 2.45) is 4.99 Å². The number of anilines is 1. The van der Waals surface area contributed by atoms with Gasteiger partial charge in [-0.1, -0.05) is 30.3 Å². The second kappa shape index (κ2) is 11.7. The lowest BCUT2D eigenvalue weighted by Gasteiger charge is -2.35. The molecule has 0 radical (unpaired) electrons. The van der Waals surface area contributed by atoms with Gasteiger partial charge in [0.25, 0.3) is 5.56 Å². The number of hydrogen-bond acceptors (Lipinski definition) is 5. The van der Waals surface area contributed by atoms with Crippen LogP contribution in [-0.2, 0) is 25.8 Å². The SMILES string of the molecule is COc1ccc(CCn2cnc3cc(N/C(=N/C4Cc5ccccc5C4)N4CCN[C@@H](C)C4)ccc3c2=O)c(F)c1. The molecule has 2 aliphatic rings. The number of ether oxygens (including phenoxy) is 1. The third kappa shape index (κ3) is 5.95. The van der Waals surface area contributed by atoms with Gasteiger partial charge in [-0.15, -0.1) is 0 Å². The summed E-state index contributed by atoms with van der Waals surface area (Å²) in [6, 6.07) is 19.5. The highest BCUT2D eigenvalue weighted by molar-refractivity contribution is 5.96. The second-order valence-electron chi connectivity index (χ2n) is 10.9. The van der Waals surface area contributed by atoms with Crippen LogP contribution in [0.3, 0.4) is 0 Å². The Morgan fingerprint density at radius 2 is 1.95 bits per heavy atom. The summed E-state index contributed by atoms with van der Waals surface area (Å²) in [6.45, 7) is 5.12. The molecule has 0 unspecified atom stereocenters. The number of aryl methyl sites for hydroxylation is 2. The maximum absolute atomic E-state index is 14.4. The van der Waals surface area contributed by atoms with Crippen molar-refractivity contribution in [1.29, 1.82) is 0 Å². The van der Waals surface area contributed by atoms with Gasteiger partial charge in [0.2, 0.25) is 0 Å². The number of halogens is 1. The first-order valence-corrected chi connectivity index (χ1v) is 14.2. The standard InChI is InChI=1S/C32H35FN6O2/c1-21-19-38(14-12-34-21)32(37-26-15-23-5-3-4-6-24(23)16-26)36-25-8-10-28-30(17-25)35-20-39(31(28)40)13-11-22-7-9-27(41-2)18-29(22)33/h3-10,17-18,20-21,26,34H,11-16,19H2,1-2H3,(H,36,37)/t21-/m0/s1. The number of hydrogen-bond donors (Lipinski definition) is 2. The first-order valence-electron chi connectivity index (χ1n) is 14.2. The van der Waals surface area contributed by atoms with Crippen molar-refractivity contribution < 1.29 is 9.13 Å². The molecular weight excluding hydrogens is 519 g/mol. The molecule has 1 aliphatic carbocycles. The van der Waals surface area contributed by atoms with Gasteiger partial charge in [0, 0.05) is 44.0 Å². The number of guanidine groups is 1. The van der Waals surface area contributed by atoms with Crippen LogP contribution in [0.15, 0.2) is 76.8 Å². The normalized spacial score (nSPS) is 17.6. The summed E-state index contributed by atoms with van der Waals surface area (Å²) in [5.41, 5.74) is 4.56. The third-order valence-corrected chi connectivity index (χ3v) is 7.97. The molecule has 0 amide bonds. The van der Waals surface area contributed by atoms with Crippen molar-refractivity contribution >= 4 is 22.5 Å². The zero-order chi connectivity index (χ0) is 28.3. The largest absolute Gasteiger partial charge is 0.497 e. The Balaban J connectivity index is 1.22. The van der Waals surface area contributed by atoms with Crippen molar-refractivity contribution in [2.45, 2.75) is 44.8 Å². The van der Waals surface area contributed by atoms with Crippen LogP contribution in [0.2, 0.25) is 0 Å². The summed E-state index contributed by atoms with van der Waals surface area (Å²) < 4.78 is 21.0. The topological polar surface area (TPSA) is 83.8 Å². The Morgan fingerprint density at radius 3 is 2.68 bits per heavy atom. The molecule has 2 N–H and O–H groups in total. The Bertz CT molecular complexity index is 1630. The van der Waals surface area contributed by atoms with E-state index in [1.165, 1.54) is 28.9 Å². The fraction of sp³-hybridized carbons (Fsp3) is 0.344. The average molecular weight is 555 g/mol. The number of nitrogens with one attached hydrogen (secondary N) is 2. The fourth-order valence-electron chi connectivity index (χ4n) is 5.74. The molecule has 41 heavy (non-hydrogen) atoms. The minimum Gasteiger partial charge on any atom is -0.497 e. The molecule has 3 aromatic carbocycles. The monoisotopic (exact) mass is 554 g/mol. The molecule has 1 atom stereocenters. The summed E-state index contributed by atoms with van der Waals surface area (Å²) in [7, 11) is 1.50. The lowest BCUT2D eigenvalue weighted by Crippen LogP contribution is -2.53. The van der Waals surface area contributed by atoms with E-state index in [4.69, 9.17) is 9.73 Å². The summed E-state index contributed by atoms with van der Waals surface area (Å²) in [4.78, 5) is 25.3. The molecule has 4 aromatic rings. The Labute approximate surface area is 238 Å². The van der Waals surface area contributed by atoms with E-state index in [1.807, 2.05) is 12.1 Å². The summed E-state index contributed by atoms with van der Waals surface area (Å²) in [5, 5.41) is 7.59. The van der Waals surface area contributed by atoms with E-state index in [0.29, 0.717) is 41.2 Å². The number of nitrogens with zero attached hydrogens (tertiary/aromatic N) is 4. The molecule has 6 rings (SSSR count). The predicted octanol–water partition coefficient (Wildman–Crippen LogP) is 4.02. The van der Waals surface area contributed by atoms with Gasteiger partial charge in [0.15, 0.2) is 5.96 Å². The highest BCUT2D eigenvalue weighted by Crippen LogP contribution is 2.25. The highest BCUT2D eigenvalue weighted by Gasteiger charge is 2.24. The Morgan fingerprint density at radius 1 is 1.15 bits per heavy atom. The molecule has 212 valence electrons. The maximum Gasteiger partial charge on any atom is 0.261 e. The van der Waals surface area contributed by atoms with Crippen LogP contribution in [0.1, 0.15) is 23.6 Å². The van der Waals surface area contributed by atoms with Crippen molar-refractivity contribution in [3.05, 3.63) is 99.9 Å². The minimum atomic E-state index is -0.348. The van der Waals surface area contributed by atoms with Crippen molar-refractivity contribution in [3.8, 4) is 5.75 Å². The molecule has 0 spiro atoms. The van der Waals surface area contributed by atoms with Crippen molar-refractivity contribution in [3.63, 3.8) is 0 Å². The molecule has 0 saturated carbocycles. The van der Waals surface area contributed by atoms with Crippen molar-refractivity contribution in [2.75, 3.05) is 32.1 Å². The molecule has 1 fully saturated rings. The quantitative estimate of drug-likeness (QED) is 0.277. The molecule has 0 bridgehead atoms. The van der Waals surface area contributed by atoms with Gasteiger partial charge in [-0.3, -0.25) is 9.36 Å². The van der Waals surface area contributed by atoms with E-state index >= 15 is 0 Å². The van der Waals surface area contributed by atoms with Gasteiger partial charge >= 0.3 is 0 Å². The lowest BCUT2D eigenvalue weighted by atomic mass is 10.1. The second-order valence-corrected chi connectivity index (χ2v) is 10.9. The van der Waals surface area contributed by atoms with Gasteiger partial charge in [-0.05, 0) is 67.1 Å². The van der Waals surface area contributed by atoms with Crippen LogP contribution >= 0.6 is 0 Å². The first kappa shape index (κ1) is 27.0. The minimum absolute atomic E-state index is 0.149. The number of fused-ring (bicyclic) bond motifs is 2. The number of rotatable bonds is 6. The zero-order valence-electron chi connectivity index (χ0n) is 23.4. The van der Waals surface area contributed by atoms with E-state index in [9.17, 15) is 9.18 Å². The van der Waals surface area contributed by atoms with Gasteiger partial charge in [0.05, 0.1) is 30.4 Å². The van der Waals surface area contributed by atoms with E-state index in [1.54, 1.807) is 24.5 Å². The van der Waals surface area contributed by atoms with E-state index < -0.39 is 0 Å². The average Bonchev–Trinajstić information content (AvgIpc) is 3.39. The van der Waals surface area contributed by atoms with Gasteiger partial charge in [0.1, 0.15) is 11.6 Å². The Hall–Kier alpha value is -4.24. The first-order chi connectivity index (χ1) is 20.0. The summed E-state index contributed by atoms with van der Waals surface area (Å²) in [6.07, 6.45) is 3.78. The Kier molecular flexibility index (Phi) is 7.69. The predicted molar refractivity (Wildman–Crippen MR) is 160 cm³/mol. The molecule has 1 aromatic heterocycles. The highest BCUT2D eigenvalue weighted by atomic mass is 19.1. The number of aromatic nitrogens is 2. The van der Waals surface area contributed by atoms with Crippen LogP contribution < -0.4 is 20.9 Å². The van der Waals surface area contributed by atoms with Gasteiger partial charge in [-0.2, -0.15) is 0 Å². The van der Waals surface area contributed by atoms with Crippen LogP contribution in [0.4, 0.5) is 10.1 Å². The third-order valence-electron chi connectivity index (χ3n) is 7.97. The molecule has 9 heteroatoms. The molecule has 1 aliphatic heterocycles. The molecule has 2 heterocycles. The number of benzene rings is 3. The van der Waals surface area contributed by atoms with E-state index in [-0.39, 0.29) is 17.4 Å².